The maximum absolute atomic E-state index is 11.9. The lowest BCUT2D eigenvalue weighted by Crippen LogP contribution is -2.44. The first-order valence-corrected chi connectivity index (χ1v) is 9.58. The number of ether oxygens (including phenoxy) is 1. The van der Waals surface area contributed by atoms with Gasteiger partial charge < -0.3 is 25.6 Å². The van der Waals surface area contributed by atoms with E-state index in [0.717, 1.165) is 30.6 Å². The first kappa shape index (κ1) is 22.4. The Bertz CT molecular complexity index is 759. The highest BCUT2D eigenvalue weighted by atomic mass is 16.5. The van der Waals surface area contributed by atoms with E-state index in [0.29, 0.717) is 5.75 Å². The Hall–Kier alpha value is -2.90. The van der Waals surface area contributed by atoms with Gasteiger partial charge in [0, 0.05) is 13.0 Å². The van der Waals surface area contributed by atoms with Crippen molar-refractivity contribution < 1.29 is 24.5 Å². The van der Waals surface area contributed by atoms with Crippen molar-refractivity contribution in [3.05, 3.63) is 65.7 Å². The average molecular weight is 400 g/mol. The zero-order valence-electron chi connectivity index (χ0n) is 16.5. The van der Waals surface area contributed by atoms with Gasteiger partial charge in [-0.2, -0.15) is 0 Å². The molecule has 156 valence electrons. The maximum atomic E-state index is 11.9. The van der Waals surface area contributed by atoms with Crippen LogP contribution in [0.3, 0.4) is 0 Å². The van der Waals surface area contributed by atoms with E-state index >= 15 is 0 Å². The fourth-order valence-electron chi connectivity index (χ4n) is 2.71. The number of carboxylic acid groups (broad SMARTS) is 1. The minimum absolute atomic E-state index is 0.0648. The van der Waals surface area contributed by atoms with Crippen molar-refractivity contribution in [2.75, 3.05) is 19.7 Å². The molecule has 3 rings (SSSR count). The van der Waals surface area contributed by atoms with Crippen molar-refractivity contribution in [3.63, 3.8) is 0 Å². The second kappa shape index (κ2) is 11.8. The molecule has 7 heteroatoms. The van der Waals surface area contributed by atoms with Crippen LogP contribution in [0.25, 0.3) is 0 Å². The van der Waals surface area contributed by atoms with Crippen molar-refractivity contribution in [2.45, 2.75) is 31.9 Å². The molecule has 1 saturated heterocycles. The van der Waals surface area contributed by atoms with Gasteiger partial charge in [0.05, 0.1) is 6.10 Å². The molecule has 0 aromatic heterocycles. The molecule has 0 spiro atoms. The zero-order valence-corrected chi connectivity index (χ0v) is 16.5. The number of carbonyl (C=O) groups excluding carboxylic acids is 1. The van der Waals surface area contributed by atoms with E-state index < -0.39 is 17.9 Å². The highest BCUT2D eigenvalue weighted by Crippen LogP contribution is 2.11. The van der Waals surface area contributed by atoms with E-state index in [1.54, 1.807) is 12.1 Å². The third kappa shape index (κ3) is 8.76. The number of carboxylic acids is 1. The lowest BCUT2D eigenvalue weighted by molar-refractivity contribution is -0.142. The first-order chi connectivity index (χ1) is 13.9. The second-order valence-electron chi connectivity index (χ2n) is 6.90. The summed E-state index contributed by atoms with van der Waals surface area (Å²) in [6.45, 7) is 3.51. The molecule has 0 unspecified atom stereocenters. The number of aryl methyl sites for hydroxylation is 1. The topological polar surface area (TPSA) is 108 Å². The molecule has 1 fully saturated rings. The van der Waals surface area contributed by atoms with Crippen molar-refractivity contribution in [3.8, 4) is 5.75 Å². The van der Waals surface area contributed by atoms with Crippen LogP contribution in [0.5, 0.6) is 5.75 Å². The molecule has 1 aliphatic heterocycles. The lowest BCUT2D eigenvalue weighted by atomic mass is 10.1. The summed E-state index contributed by atoms with van der Waals surface area (Å²) in [6.07, 6.45) is 1.09. The van der Waals surface area contributed by atoms with Gasteiger partial charge >= 0.3 is 5.97 Å². The largest absolute Gasteiger partial charge is 0.484 e. The molecule has 0 saturated carbocycles. The molecule has 2 aromatic rings. The highest BCUT2D eigenvalue weighted by Gasteiger charge is 2.20. The number of aliphatic hydroxyl groups excluding tert-OH is 1. The SMILES string of the molecule is Cc1ccc(OCC(=O)N[C@@H](Cc2ccccc2)C(=O)O)cc1.O[C@@H]1CCNC1. The third-order valence-electron chi connectivity index (χ3n) is 4.34. The molecular formula is C22H28N2O5. The molecule has 1 aliphatic rings. The van der Waals surface area contributed by atoms with Crippen LogP contribution in [0.15, 0.2) is 54.6 Å². The Morgan fingerprint density at radius 1 is 1.17 bits per heavy atom. The molecule has 0 aliphatic carbocycles. The van der Waals surface area contributed by atoms with Gasteiger partial charge in [0.2, 0.25) is 0 Å². The van der Waals surface area contributed by atoms with E-state index in [1.807, 2.05) is 49.4 Å². The summed E-state index contributed by atoms with van der Waals surface area (Å²) in [4.78, 5) is 23.2. The van der Waals surface area contributed by atoms with Gasteiger partial charge in [0.25, 0.3) is 5.91 Å². The standard InChI is InChI=1S/C18H19NO4.C4H9NO/c1-13-7-9-15(10-8-13)23-12-17(20)19-16(18(21)22)11-14-5-3-2-4-6-14;6-4-1-2-5-3-4/h2-10,16H,11-12H2,1H3,(H,19,20)(H,21,22);4-6H,1-3H2/t16-;4-/m01/s1. The summed E-state index contributed by atoms with van der Waals surface area (Å²) in [6, 6.07) is 15.5. The molecule has 4 N–H and O–H groups in total. The maximum Gasteiger partial charge on any atom is 0.326 e. The second-order valence-corrected chi connectivity index (χ2v) is 6.90. The van der Waals surface area contributed by atoms with Crippen LogP contribution in [-0.2, 0) is 16.0 Å². The normalized spacial score (nSPS) is 16.3. The molecule has 2 aromatic carbocycles. The van der Waals surface area contributed by atoms with Gasteiger partial charge in [-0.25, -0.2) is 4.79 Å². The number of nitrogens with one attached hydrogen (secondary N) is 2. The monoisotopic (exact) mass is 400 g/mol. The van der Waals surface area contributed by atoms with E-state index in [1.165, 1.54) is 0 Å². The summed E-state index contributed by atoms with van der Waals surface area (Å²) in [5, 5.41) is 23.4. The number of β-amino-alcohol motifs (C(OH)–C–C–N with tert-alkyl or cyclic N) is 1. The third-order valence-corrected chi connectivity index (χ3v) is 4.34. The highest BCUT2D eigenvalue weighted by molar-refractivity contribution is 5.84. The number of aliphatic hydroxyl groups is 1. The van der Waals surface area contributed by atoms with Crippen LogP contribution >= 0.6 is 0 Å². The molecule has 29 heavy (non-hydrogen) atoms. The van der Waals surface area contributed by atoms with Gasteiger partial charge in [-0.1, -0.05) is 48.0 Å². The van der Waals surface area contributed by atoms with Crippen LogP contribution < -0.4 is 15.4 Å². The van der Waals surface area contributed by atoms with Crippen molar-refractivity contribution in [1.29, 1.82) is 0 Å². The van der Waals surface area contributed by atoms with Crippen LogP contribution in [0.4, 0.5) is 0 Å². The number of hydrogen-bond acceptors (Lipinski definition) is 5. The smallest absolute Gasteiger partial charge is 0.326 e. The van der Waals surface area contributed by atoms with Crippen molar-refractivity contribution in [2.24, 2.45) is 0 Å². The molecule has 1 amide bonds. The first-order valence-electron chi connectivity index (χ1n) is 9.58. The molecular weight excluding hydrogens is 372 g/mol. The number of amides is 1. The molecule has 0 bridgehead atoms. The van der Waals surface area contributed by atoms with Crippen LogP contribution in [-0.4, -0.2) is 53.9 Å². The van der Waals surface area contributed by atoms with Crippen LogP contribution in [0.1, 0.15) is 17.5 Å². The molecule has 2 atom stereocenters. The fraction of sp³-hybridized carbons (Fsp3) is 0.364. The average Bonchev–Trinajstić information content (AvgIpc) is 3.19. The molecule has 7 nitrogen and oxygen atoms in total. The molecule has 0 radical (unpaired) electrons. The summed E-state index contributed by atoms with van der Waals surface area (Å²) in [7, 11) is 0. The van der Waals surface area contributed by atoms with E-state index in [-0.39, 0.29) is 19.1 Å². The van der Waals surface area contributed by atoms with Gasteiger partial charge in [-0.15, -0.1) is 0 Å². The number of benzene rings is 2. The van der Waals surface area contributed by atoms with Gasteiger partial charge in [0.1, 0.15) is 11.8 Å². The summed E-state index contributed by atoms with van der Waals surface area (Å²) < 4.78 is 5.35. The number of hydrogen-bond donors (Lipinski definition) is 4. The van der Waals surface area contributed by atoms with Crippen LogP contribution in [0, 0.1) is 6.92 Å². The Morgan fingerprint density at radius 2 is 1.86 bits per heavy atom. The lowest BCUT2D eigenvalue weighted by Gasteiger charge is -2.15. The summed E-state index contributed by atoms with van der Waals surface area (Å²) in [5.41, 5.74) is 1.94. The molecule has 1 heterocycles. The number of carbonyl (C=O) groups is 2. The Morgan fingerprint density at radius 3 is 2.38 bits per heavy atom. The quantitative estimate of drug-likeness (QED) is 0.561. The number of rotatable bonds is 7. The van der Waals surface area contributed by atoms with E-state index in [4.69, 9.17) is 9.84 Å². The van der Waals surface area contributed by atoms with Crippen molar-refractivity contribution >= 4 is 11.9 Å². The fourth-order valence-corrected chi connectivity index (χ4v) is 2.71. The summed E-state index contributed by atoms with van der Waals surface area (Å²) in [5.74, 6) is -0.966. The van der Waals surface area contributed by atoms with Crippen LogP contribution in [0.2, 0.25) is 0 Å². The summed E-state index contributed by atoms with van der Waals surface area (Å²) >= 11 is 0. The van der Waals surface area contributed by atoms with Gasteiger partial charge in [-0.05, 0) is 37.6 Å². The van der Waals surface area contributed by atoms with Gasteiger partial charge in [-0.3, -0.25) is 4.79 Å². The number of aliphatic carboxylic acids is 1. The minimum atomic E-state index is -1.07. The minimum Gasteiger partial charge on any atom is -0.484 e. The predicted octanol–water partition coefficient (Wildman–Crippen LogP) is 1.53. The Kier molecular flexibility index (Phi) is 9.14. The zero-order chi connectivity index (χ0) is 21.1. The van der Waals surface area contributed by atoms with E-state index in [9.17, 15) is 14.7 Å². The van der Waals surface area contributed by atoms with E-state index in [2.05, 4.69) is 10.6 Å². The Labute approximate surface area is 170 Å². The Balaban J connectivity index is 0.000000426. The van der Waals surface area contributed by atoms with Gasteiger partial charge in [0.15, 0.2) is 6.61 Å². The van der Waals surface area contributed by atoms with Crippen molar-refractivity contribution in [1.82, 2.24) is 10.6 Å². The predicted molar refractivity (Wildman–Crippen MR) is 110 cm³/mol.